The number of amides is 1. The van der Waals surface area contributed by atoms with Gasteiger partial charge in [-0.15, -0.1) is 0 Å². The van der Waals surface area contributed by atoms with Crippen LogP contribution in [0.2, 0.25) is 0 Å². The topological polar surface area (TPSA) is 144 Å². The molecule has 3 N–H and O–H groups in total. The van der Waals surface area contributed by atoms with Gasteiger partial charge in [0, 0.05) is 48.7 Å². The van der Waals surface area contributed by atoms with Crippen LogP contribution in [-0.4, -0.2) is 63.4 Å². The third-order valence-corrected chi connectivity index (χ3v) is 8.93. The average Bonchev–Trinajstić information content (AvgIpc) is 3.24. The summed E-state index contributed by atoms with van der Waals surface area (Å²) in [6.45, 7) is 6.54. The molecule has 5 aliphatic rings. The van der Waals surface area contributed by atoms with Crippen LogP contribution in [0.25, 0.3) is 0 Å². The number of fused-ring (bicyclic) bond motifs is 9. The fourth-order valence-corrected chi connectivity index (χ4v) is 7.55. The molecule has 0 radical (unpaired) electrons. The molecule has 2 aromatic carbocycles. The van der Waals surface area contributed by atoms with E-state index in [0.717, 1.165) is 16.7 Å². The van der Waals surface area contributed by atoms with Crippen LogP contribution in [0.15, 0.2) is 6.07 Å². The fraction of sp³-hybridized carbons (Fsp3) is 0.464. The number of nitrogens with zero attached hydrogens (tertiary/aromatic N) is 3. The molecular formula is C28H28N4O7. The quantitative estimate of drug-likeness (QED) is 0.233. The number of benzene rings is 2. The number of hydrogen-bond acceptors (Lipinski definition) is 10. The molecule has 0 aromatic heterocycles. The van der Waals surface area contributed by atoms with E-state index in [1.165, 1.54) is 13.8 Å². The summed E-state index contributed by atoms with van der Waals surface area (Å²) in [5.74, 6) is 0.428. The lowest BCUT2D eigenvalue weighted by molar-refractivity contribution is -0.132. The van der Waals surface area contributed by atoms with Crippen LogP contribution in [0.1, 0.15) is 65.4 Å². The van der Waals surface area contributed by atoms with E-state index in [4.69, 9.17) is 14.2 Å². The van der Waals surface area contributed by atoms with Gasteiger partial charge >= 0.3 is 5.97 Å². The SMILES string of the molecule is CC(=O)NC[C@H]1c2c(c(OC(C)=O)c(C)c3c2OCO3)CC2[C@H]3c4c(cc(C)c(O)c4O)C4[C@@H]([C@H](C#N)N21)N43. The van der Waals surface area contributed by atoms with E-state index >= 15 is 0 Å². The summed E-state index contributed by atoms with van der Waals surface area (Å²) < 4.78 is 17.5. The van der Waals surface area contributed by atoms with Gasteiger partial charge in [0.25, 0.3) is 0 Å². The summed E-state index contributed by atoms with van der Waals surface area (Å²) in [4.78, 5) is 28.7. The minimum Gasteiger partial charge on any atom is -0.504 e. The number of ether oxygens (including phenoxy) is 3. The molecule has 7 atom stereocenters. The Hall–Kier alpha value is -4.01. The Morgan fingerprint density at radius 1 is 1.13 bits per heavy atom. The predicted molar refractivity (Wildman–Crippen MR) is 134 cm³/mol. The maximum Gasteiger partial charge on any atom is 0.308 e. The maximum atomic E-state index is 12.2. The zero-order chi connectivity index (χ0) is 27.5. The lowest BCUT2D eigenvalue weighted by Gasteiger charge is -2.51. The van der Waals surface area contributed by atoms with E-state index in [0.29, 0.717) is 40.4 Å². The number of esters is 1. The van der Waals surface area contributed by atoms with E-state index < -0.39 is 18.1 Å². The second-order valence-corrected chi connectivity index (χ2v) is 11.0. The number of carbonyl (C=O) groups is 2. The highest BCUT2D eigenvalue weighted by molar-refractivity contribution is 5.75. The summed E-state index contributed by atoms with van der Waals surface area (Å²) in [5.41, 5.74) is 4.31. The second kappa shape index (κ2) is 8.00. The van der Waals surface area contributed by atoms with Crippen molar-refractivity contribution in [2.75, 3.05) is 13.3 Å². The standard InChI is InChI=1S/C28H28N4O7/c1-10-5-14-20(25(36)24(10)35)22-16-6-15-19(28-27(37-9-38-28)11(2)26(15)39-13(4)34)18(8-30-12(3)33)31(16)17(7-29)23-21(14)32(22)23/h5,16-18,21-23,35-36H,6,8-9H2,1-4H3,(H,30,33)/t16?,17-,18-,21?,22-,23+,32?/m0/s1. The molecule has 7 rings (SSSR count). The molecule has 3 unspecified atom stereocenters. The number of phenolic OH excluding ortho intramolecular Hbond substituents is 2. The molecule has 2 fully saturated rings. The summed E-state index contributed by atoms with van der Waals surface area (Å²) >= 11 is 0. The Bertz CT molecular complexity index is 1530. The molecular weight excluding hydrogens is 504 g/mol. The van der Waals surface area contributed by atoms with Crippen LogP contribution >= 0.6 is 0 Å². The zero-order valence-corrected chi connectivity index (χ0v) is 21.9. The number of phenols is 2. The van der Waals surface area contributed by atoms with E-state index in [9.17, 15) is 25.1 Å². The van der Waals surface area contributed by atoms with Crippen molar-refractivity contribution < 1.29 is 34.0 Å². The Labute approximate surface area is 224 Å². The zero-order valence-electron chi connectivity index (χ0n) is 21.9. The highest BCUT2D eigenvalue weighted by Gasteiger charge is 2.71. The van der Waals surface area contributed by atoms with Crippen LogP contribution in [0, 0.1) is 25.2 Å². The molecule has 11 heteroatoms. The van der Waals surface area contributed by atoms with Crippen molar-refractivity contribution in [2.24, 2.45) is 0 Å². The predicted octanol–water partition coefficient (Wildman–Crippen LogP) is 2.16. The minimum absolute atomic E-state index is 0.00504. The van der Waals surface area contributed by atoms with Gasteiger partial charge in [-0.2, -0.15) is 5.26 Å². The number of carbonyl (C=O) groups excluding carboxylic acids is 2. The van der Waals surface area contributed by atoms with Crippen molar-refractivity contribution in [3.8, 4) is 34.8 Å². The lowest BCUT2D eigenvalue weighted by atomic mass is 9.76. The van der Waals surface area contributed by atoms with Gasteiger partial charge in [-0.1, -0.05) is 6.07 Å². The van der Waals surface area contributed by atoms with Gasteiger partial charge < -0.3 is 29.7 Å². The summed E-state index contributed by atoms with van der Waals surface area (Å²) in [5, 5.41) is 35.2. The number of aromatic hydroxyl groups is 2. The van der Waals surface area contributed by atoms with Gasteiger partial charge in [0.1, 0.15) is 11.8 Å². The lowest BCUT2D eigenvalue weighted by Crippen LogP contribution is -2.60. The fourth-order valence-electron chi connectivity index (χ4n) is 7.55. The van der Waals surface area contributed by atoms with E-state index in [1.54, 1.807) is 6.92 Å². The first kappa shape index (κ1) is 24.1. The largest absolute Gasteiger partial charge is 0.504 e. The van der Waals surface area contributed by atoms with Gasteiger partial charge in [0.2, 0.25) is 12.7 Å². The molecule has 202 valence electrons. The first-order chi connectivity index (χ1) is 18.6. The van der Waals surface area contributed by atoms with E-state index in [2.05, 4.69) is 21.2 Å². The van der Waals surface area contributed by atoms with Gasteiger partial charge in [0.05, 0.1) is 30.2 Å². The molecule has 5 heterocycles. The summed E-state index contributed by atoms with van der Waals surface area (Å²) in [7, 11) is 0. The van der Waals surface area contributed by atoms with Crippen LogP contribution < -0.4 is 19.5 Å². The number of aryl methyl sites for hydroxylation is 1. The summed E-state index contributed by atoms with van der Waals surface area (Å²) in [6.07, 6.45) is 0.387. The number of rotatable bonds is 3. The Kier molecular flexibility index (Phi) is 4.94. The molecule has 0 saturated carbocycles. The van der Waals surface area contributed by atoms with Gasteiger partial charge in [-0.25, -0.2) is 0 Å². The van der Waals surface area contributed by atoms with Gasteiger partial charge in [-0.05, 0) is 31.4 Å². The average molecular weight is 533 g/mol. The third-order valence-electron chi connectivity index (χ3n) is 8.93. The summed E-state index contributed by atoms with van der Waals surface area (Å²) in [6, 6.07) is 2.63. The monoisotopic (exact) mass is 532 g/mol. The minimum atomic E-state index is -0.510. The van der Waals surface area contributed by atoms with Crippen molar-refractivity contribution in [1.82, 2.24) is 15.1 Å². The maximum absolute atomic E-state index is 12.2. The number of nitriles is 1. The van der Waals surface area contributed by atoms with E-state index in [1.807, 2.05) is 13.0 Å². The first-order valence-corrected chi connectivity index (χ1v) is 13.0. The number of piperazine rings is 1. The molecule has 0 bridgehead atoms. The van der Waals surface area contributed by atoms with E-state index in [-0.39, 0.29) is 54.9 Å². The molecule has 5 aliphatic heterocycles. The molecule has 0 aliphatic carbocycles. The Morgan fingerprint density at radius 2 is 1.87 bits per heavy atom. The molecule has 39 heavy (non-hydrogen) atoms. The van der Waals surface area contributed by atoms with Crippen molar-refractivity contribution >= 4 is 11.9 Å². The molecule has 1 amide bonds. The van der Waals surface area contributed by atoms with Gasteiger partial charge in [-0.3, -0.25) is 19.4 Å². The second-order valence-electron chi connectivity index (χ2n) is 11.0. The molecule has 2 aromatic rings. The van der Waals surface area contributed by atoms with Crippen LogP contribution in [0.5, 0.6) is 28.7 Å². The van der Waals surface area contributed by atoms with Gasteiger partial charge in [0.15, 0.2) is 23.0 Å². The highest BCUT2D eigenvalue weighted by atomic mass is 16.7. The van der Waals surface area contributed by atoms with Crippen LogP contribution in [0.3, 0.4) is 0 Å². The van der Waals surface area contributed by atoms with Crippen LogP contribution in [0.4, 0.5) is 0 Å². The number of hydrogen-bond donors (Lipinski definition) is 3. The van der Waals surface area contributed by atoms with Crippen molar-refractivity contribution in [3.05, 3.63) is 39.4 Å². The highest BCUT2D eigenvalue weighted by Crippen LogP contribution is 2.69. The molecule has 2 saturated heterocycles. The van der Waals surface area contributed by atoms with Crippen molar-refractivity contribution in [3.63, 3.8) is 0 Å². The smallest absolute Gasteiger partial charge is 0.308 e. The third kappa shape index (κ3) is 3.04. The Balaban J connectivity index is 1.47. The normalized spacial score (nSPS) is 30.4. The molecule has 11 nitrogen and oxygen atoms in total. The molecule has 0 spiro atoms. The Morgan fingerprint density at radius 3 is 2.56 bits per heavy atom. The van der Waals surface area contributed by atoms with Crippen molar-refractivity contribution in [2.45, 2.75) is 70.4 Å². The van der Waals surface area contributed by atoms with Crippen molar-refractivity contribution in [1.29, 1.82) is 5.26 Å². The van der Waals surface area contributed by atoms with Crippen LogP contribution in [-0.2, 0) is 16.0 Å². The first-order valence-electron chi connectivity index (χ1n) is 13.0. The number of nitrogens with one attached hydrogen (secondary N) is 1.